The number of amides is 2. The van der Waals surface area contributed by atoms with Crippen molar-refractivity contribution in [2.75, 3.05) is 13.7 Å². The van der Waals surface area contributed by atoms with Crippen LogP contribution in [0.25, 0.3) is 0 Å². The van der Waals surface area contributed by atoms with Gasteiger partial charge in [0.25, 0.3) is 0 Å². The van der Waals surface area contributed by atoms with Crippen LogP contribution in [0.4, 0.5) is 13.6 Å². The van der Waals surface area contributed by atoms with Gasteiger partial charge in [-0.3, -0.25) is 5.43 Å². The Bertz CT molecular complexity index is 975. The number of urea groups is 1. The fraction of sp³-hybridized carbons (Fsp3) is 0.476. The number of hydrogen-bond acceptors (Lipinski definition) is 6. The van der Waals surface area contributed by atoms with Crippen molar-refractivity contribution >= 4 is 6.03 Å². The molecule has 0 spiro atoms. The largest absolute Gasteiger partial charge is 0.467 e. The lowest BCUT2D eigenvalue weighted by Gasteiger charge is -2.45. The number of carbonyl (C=O) groups excluding carboxylic acids is 1. The van der Waals surface area contributed by atoms with Gasteiger partial charge in [0.15, 0.2) is 0 Å². The molecule has 2 aliphatic heterocycles. The van der Waals surface area contributed by atoms with Gasteiger partial charge in [-0.25, -0.2) is 29.0 Å². The summed E-state index contributed by atoms with van der Waals surface area (Å²) in [5, 5.41) is 3.08. The monoisotopic (exact) mass is 430 g/mol. The maximum atomic E-state index is 14.1. The van der Waals surface area contributed by atoms with E-state index in [1.54, 1.807) is 17.3 Å². The van der Waals surface area contributed by atoms with Gasteiger partial charge in [0.2, 0.25) is 0 Å². The number of methoxy groups -OCH3 is 1. The van der Waals surface area contributed by atoms with Crippen LogP contribution in [-0.4, -0.2) is 46.6 Å². The fourth-order valence-corrected chi connectivity index (χ4v) is 5.07. The molecule has 3 N–H and O–H groups in total. The van der Waals surface area contributed by atoms with Crippen LogP contribution in [0, 0.1) is 23.5 Å². The second kappa shape index (κ2) is 8.01. The minimum Gasteiger partial charge on any atom is -0.467 e. The van der Waals surface area contributed by atoms with E-state index in [0.29, 0.717) is 24.0 Å². The van der Waals surface area contributed by atoms with E-state index in [9.17, 15) is 13.6 Å². The molecule has 31 heavy (non-hydrogen) atoms. The Morgan fingerprint density at radius 2 is 1.97 bits per heavy atom. The summed E-state index contributed by atoms with van der Waals surface area (Å²) < 4.78 is 32.3. The molecule has 2 aromatic rings. The molecule has 1 aromatic heterocycles. The molecular weight excluding hydrogens is 406 g/mol. The van der Waals surface area contributed by atoms with Crippen molar-refractivity contribution in [1.82, 2.24) is 31.0 Å². The van der Waals surface area contributed by atoms with Crippen LogP contribution in [0.3, 0.4) is 0 Å². The van der Waals surface area contributed by atoms with Gasteiger partial charge in [-0.05, 0) is 30.7 Å². The number of fused-ring (bicyclic) bond motifs is 2. The summed E-state index contributed by atoms with van der Waals surface area (Å²) in [6.07, 6.45) is 5.23. The maximum Gasteiger partial charge on any atom is 0.317 e. The number of nitrogens with zero attached hydrogens (tertiary/aromatic N) is 3. The lowest BCUT2D eigenvalue weighted by molar-refractivity contribution is 0.0957. The molecule has 8 nitrogen and oxygen atoms in total. The van der Waals surface area contributed by atoms with Gasteiger partial charge in [-0.1, -0.05) is 6.07 Å². The van der Waals surface area contributed by atoms with Crippen LogP contribution >= 0.6 is 0 Å². The molecule has 2 saturated heterocycles. The first-order chi connectivity index (χ1) is 15.0. The predicted molar refractivity (Wildman–Crippen MR) is 107 cm³/mol. The average molecular weight is 430 g/mol. The molecule has 5 unspecified atom stereocenters. The van der Waals surface area contributed by atoms with Crippen LogP contribution < -0.4 is 20.9 Å². The van der Waals surface area contributed by atoms with Crippen molar-refractivity contribution in [3.05, 3.63) is 53.4 Å². The van der Waals surface area contributed by atoms with E-state index in [0.717, 1.165) is 24.5 Å². The molecule has 3 fully saturated rings. The average Bonchev–Trinajstić information content (AvgIpc) is 3.17. The Morgan fingerprint density at radius 3 is 2.71 bits per heavy atom. The maximum absolute atomic E-state index is 14.1. The number of carbonyl (C=O) groups is 1. The first-order valence-corrected chi connectivity index (χ1v) is 10.4. The van der Waals surface area contributed by atoms with E-state index in [1.165, 1.54) is 19.2 Å². The molecule has 1 aromatic carbocycles. The Kier molecular flexibility index (Phi) is 5.19. The summed E-state index contributed by atoms with van der Waals surface area (Å²) in [5.41, 5.74) is 8.00. The van der Waals surface area contributed by atoms with Gasteiger partial charge < -0.3 is 15.0 Å². The molecule has 5 rings (SSSR count). The van der Waals surface area contributed by atoms with Gasteiger partial charge in [0, 0.05) is 48.2 Å². The highest BCUT2D eigenvalue weighted by atomic mass is 19.1. The summed E-state index contributed by atoms with van der Waals surface area (Å²) in [4.78, 5) is 22.7. The minimum absolute atomic E-state index is 0.0532. The van der Waals surface area contributed by atoms with Crippen LogP contribution in [0.15, 0.2) is 30.6 Å². The van der Waals surface area contributed by atoms with Crippen molar-refractivity contribution in [2.24, 2.45) is 11.8 Å². The first-order valence-electron chi connectivity index (χ1n) is 10.4. The predicted octanol–water partition coefficient (Wildman–Crippen LogP) is 1.90. The molecule has 1 saturated carbocycles. The van der Waals surface area contributed by atoms with Crippen molar-refractivity contribution in [2.45, 2.75) is 37.5 Å². The van der Waals surface area contributed by atoms with Gasteiger partial charge >= 0.3 is 12.0 Å². The van der Waals surface area contributed by atoms with E-state index in [2.05, 4.69) is 26.1 Å². The smallest absolute Gasteiger partial charge is 0.317 e. The molecular formula is C21H24F2N6O2. The quantitative estimate of drug-likeness (QED) is 0.687. The minimum atomic E-state index is -0.637. The SMILES string of the molecule is COc1ncc(C2NNC3CC4NC(=O)N(Cc5ccc(F)cc5F)CC4CC32)cn1. The topological polar surface area (TPSA) is 91.4 Å². The summed E-state index contributed by atoms with van der Waals surface area (Å²) in [7, 11) is 1.53. The zero-order valence-corrected chi connectivity index (χ0v) is 17.0. The van der Waals surface area contributed by atoms with Crippen molar-refractivity contribution in [3.8, 4) is 6.01 Å². The van der Waals surface area contributed by atoms with Crippen LogP contribution in [0.5, 0.6) is 6.01 Å². The summed E-state index contributed by atoms with van der Waals surface area (Å²) in [6.45, 7) is 0.643. The Labute approximate surface area is 178 Å². The zero-order chi connectivity index (χ0) is 21.5. The normalized spacial score (nSPS) is 29.8. The van der Waals surface area contributed by atoms with Crippen molar-refractivity contribution < 1.29 is 18.3 Å². The molecule has 3 aliphatic rings. The second-order valence-electron chi connectivity index (χ2n) is 8.44. The number of halogens is 2. The number of aromatic nitrogens is 2. The Balaban J connectivity index is 1.30. The van der Waals surface area contributed by atoms with Crippen LogP contribution in [0.1, 0.15) is 30.0 Å². The highest BCUT2D eigenvalue weighted by Gasteiger charge is 2.47. The van der Waals surface area contributed by atoms with E-state index in [-0.39, 0.29) is 36.6 Å². The van der Waals surface area contributed by atoms with E-state index >= 15 is 0 Å². The van der Waals surface area contributed by atoms with Gasteiger partial charge in [0.05, 0.1) is 19.7 Å². The number of hydrogen-bond donors (Lipinski definition) is 3. The third kappa shape index (κ3) is 3.81. The number of nitrogens with one attached hydrogen (secondary N) is 3. The summed E-state index contributed by atoms with van der Waals surface area (Å²) in [5.74, 6) is -0.733. The number of benzene rings is 1. The van der Waals surface area contributed by atoms with Crippen molar-refractivity contribution in [1.29, 1.82) is 0 Å². The Hall–Kier alpha value is -2.85. The van der Waals surface area contributed by atoms with Gasteiger partial charge in [-0.2, -0.15) is 0 Å². The standard InChI is InChI=1S/C21H24F2N6O2/c1-31-20-24-7-13(8-25-20)19-15-4-12-10-29(9-11-2-3-14(22)5-16(11)23)21(30)26-17(12)6-18(15)27-28-19/h2-3,5,7-8,12,15,17-19,27-28H,4,6,9-10H2,1H3,(H,26,30). The van der Waals surface area contributed by atoms with Gasteiger partial charge in [0.1, 0.15) is 11.6 Å². The summed E-state index contributed by atoms with van der Waals surface area (Å²) >= 11 is 0. The zero-order valence-electron chi connectivity index (χ0n) is 17.0. The number of ether oxygens (including phenoxy) is 1. The molecule has 1 aliphatic carbocycles. The van der Waals surface area contributed by atoms with E-state index < -0.39 is 11.6 Å². The van der Waals surface area contributed by atoms with Crippen LogP contribution in [0.2, 0.25) is 0 Å². The highest BCUT2D eigenvalue weighted by Crippen LogP contribution is 2.41. The van der Waals surface area contributed by atoms with Crippen LogP contribution in [-0.2, 0) is 6.54 Å². The van der Waals surface area contributed by atoms with E-state index in [1.807, 2.05) is 0 Å². The number of hydrazine groups is 1. The second-order valence-corrected chi connectivity index (χ2v) is 8.44. The molecule has 5 atom stereocenters. The lowest BCUT2D eigenvalue weighted by Crippen LogP contribution is -2.60. The highest BCUT2D eigenvalue weighted by molar-refractivity contribution is 5.75. The molecule has 0 radical (unpaired) electrons. The molecule has 164 valence electrons. The molecule has 3 heterocycles. The Morgan fingerprint density at radius 1 is 1.16 bits per heavy atom. The van der Waals surface area contributed by atoms with Crippen molar-refractivity contribution in [3.63, 3.8) is 0 Å². The summed E-state index contributed by atoms with van der Waals surface area (Å²) in [6, 6.07) is 3.90. The third-order valence-electron chi connectivity index (χ3n) is 6.64. The van der Waals surface area contributed by atoms with Gasteiger partial charge in [-0.15, -0.1) is 0 Å². The lowest BCUT2D eigenvalue weighted by atomic mass is 9.71. The number of rotatable bonds is 4. The fourth-order valence-electron chi connectivity index (χ4n) is 5.07. The molecule has 0 bridgehead atoms. The molecule has 10 heteroatoms. The first kappa shape index (κ1) is 20.1. The molecule has 2 amide bonds. The third-order valence-corrected chi connectivity index (χ3v) is 6.64. The van der Waals surface area contributed by atoms with E-state index in [4.69, 9.17) is 4.74 Å².